The minimum atomic E-state index is -0.521. The van der Waals surface area contributed by atoms with Crippen molar-refractivity contribution in [3.63, 3.8) is 0 Å². The lowest BCUT2D eigenvalue weighted by molar-refractivity contribution is -0.387. The molecule has 0 aliphatic rings. The summed E-state index contributed by atoms with van der Waals surface area (Å²) in [5.41, 5.74) is 0.309. The highest BCUT2D eigenvalue weighted by Crippen LogP contribution is 2.35. The number of rotatable bonds is 5. The largest absolute Gasteiger partial charge is 0.392 e. The predicted molar refractivity (Wildman–Crippen MR) is 76.2 cm³/mol. The molecule has 7 nitrogen and oxygen atoms in total. The van der Waals surface area contributed by atoms with E-state index in [0.717, 1.165) is 11.8 Å². The van der Waals surface area contributed by atoms with E-state index in [1.165, 1.54) is 30.3 Å². The maximum Gasteiger partial charge on any atom is 0.283 e. The van der Waals surface area contributed by atoms with Crippen molar-refractivity contribution in [1.82, 2.24) is 0 Å². The van der Waals surface area contributed by atoms with Crippen LogP contribution in [0.5, 0.6) is 0 Å². The fourth-order valence-corrected chi connectivity index (χ4v) is 2.55. The van der Waals surface area contributed by atoms with Gasteiger partial charge in [0.1, 0.15) is 0 Å². The summed E-state index contributed by atoms with van der Waals surface area (Å²) in [5.74, 6) is 0. The first-order valence-corrected chi connectivity index (χ1v) is 6.63. The molecule has 0 fully saturated rings. The zero-order valence-corrected chi connectivity index (χ0v) is 11.4. The Labute approximate surface area is 123 Å². The molecule has 2 rings (SSSR count). The highest BCUT2D eigenvalue weighted by atomic mass is 32.2. The Bertz CT molecular complexity index is 687. The Balaban J connectivity index is 2.30. The molecule has 108 valence electrons. The SMILES string of the molecule is O=[N+]([O-])c1ccc(Sc2ccc(CO)cc2[N+](=O)[O-])cc1. The van der Waals surface area contributed by atoms with Gasteiger partial charge in [0.2, 0.25) is 0 Å². The molecule has 21 heavy (non-hydrogen) atoms. The topological polar surface area (TPSA) is 107 Å². The van der Waals surface area contributed by atoms with Gasteiger partial charge in [-0.1, -0.05) is 17.8 Å². The summed E-state index contributed by atoms with van der Waals surface area (Å²) in [5, 5.41) is 30.6. The summed E-state index contributed by atoms with van der Waals surface area (Å²) >= 11 is 1.14. The molecule has 2 aromatic carbocycles. The van der Waals surface area contributed by atoms with Crippen molar-refractivity contribution in [1.29, 1.82) is 0 Å². The van der Waals surface area contributed by atoms with E-state index in [2.05, 4.69) is 0 Å². The van der Waals surface area contributed by atoms with Gasteiger partial charge in [0.15, 0.2) is 0 Å². The lowest BCUT2D eigenvalue weighted by atomic mass is 10.2. The number of hydrogen-bond donors (Lipinski definition) is 1. The van der Waals surface area contributed by atoms with E-state index in [-0.39, 0.29) is 18.0 Å². The third-order valence-electron chi connectivity index (χ3n) is 2.68. The molecule has 0 radical (unpaired) electrons. The fraction of sp³-hybridized carbons (Fsp3) is 0.0769. The summed E-state index contributed by atoms with van der Waals surface area (Å²) in [4.78, 5) is 21.6. The quantitative estimate of drug-likeness (QED) is 0.671. The van der Waals surface area contributed by atoms with E-state index in [9.17, 15) is 20.2 Å². The maximum absolute atomic E-state index is 11.0. The molecule has 0 spiro atoms. The van der Waals surface area contributed by atoms with Gasteiger partial charge < -0.3 is 5.11 Å². The molecule has 0 heterocycles. The average molecular weight is 306 g/mol. The van der Waals surface area contributed by atoms with Crippen LogP contribution in [-0.2, 0) is 6.61 Å². The van der Waals surface area contributed by atoms with Gasteiger partial charge in [-0.3, -0.25) is 20.2 Å². The molecule has 0 aliphatic heterocycles. The van der Waals surface area contributed by atoms with Gasteiger partial charge in [0.25, 0.3) is 11.4 Å². The smallest absolute Gasteiger partial charge is 0.283 e. The normalized spacial score (nSPS) is 10.3. The zero-order valence-electron chi connectivity index (χ0n) is 10.6. The van der Waals surface area contributed by atoms with Crippen molar-refractivity contribution in [3.8, 4) is 0 Å². The molecule has 0 amide bonds. The van der Waals surface area contributed by atoms with Crippen LogP contribution < -0.4 is 0 Å². The van der Waals surface area contributed by atoms with Crippen molar-refractivity contribution in [2.24, 2.45) is 0 Å². The van der Waals surface area contributed by atoms with E-state index in [1.54, 1.807) is 12.1 Å². The van der Waals surface area contributed by atoms with Crippen LogP contribution in [0.25, 0.3) is 0 Å². The summed E-state index contributed by atoms with van der Waals surface area (Å²) in [7, 11) is 0. The second-order valence-electron chi connectivity index (χ2n) is 4.07. The number of non-ortho nitro benzene ring substituents is 1. The van der Waals surface area contributed by atoms with Crippen LogP contribution in [0.15, 0.2) is 52.3 Å². The summed E-state index contributed by atoms with van der Waals surface area (Å²) in [6, 6.07) is 10.2. The van der Waals surface area contributed by atoms with Gasteiger partial charge >= 0.3 is 0 Å². The Morgan fingerprint density at radius 3 is 2.19 bits per heavy atom. The molecule has 2 aromatic rings. The standard InChI is InChI=1S/C13H10N2O5S/c16-8-9-1-6-13(12(7-9)15(19)20)21-11-4-2-10(3-5-11)14(17)18/h1-7,16H,8H2. The average Bonchev–Trinajstić information content (AvgIpc) is 2.48. The third kappa shape index (κ3) is 3.56. The molecule has 0 aromatic heterocycles. The highest BCUT2D eigenvalue weighted by Gasteiger charge is 2.16. The van der Waals surface area contributed by atoms with Gasteiger partial charge in [-0.15, -0.1) is 0 Å². The van der Waals surface area contributed by atoms with Crippen LogP contribution in [0.1, 0.15) is 5.56 Å². The van der Waals surface area contributed by atoms with Crippen LogP contribution in [0.2, 0.25) is 0 Å². The Kier molecular flexibility index (Phi) is 4.51. The van der Waals surface area contributed by atoms with Crippen LogP contribution in [-0.4, -0.2) is 15.0 Å². The molecule has 0 saturated heterocycles. The number of nitro groups is 2. The Morgan fingerprint density at radius 2 is 1.67 bits per heavy atom. The van der Waals surface area contributed by atoms with Crippen LogP contribution in [0.3, 0.4) is 0 Å². The van der Waals surface area contributed by atoms with Crippen molar-refractivity contribution in [2.45, 2.75) is 16.4 Å². The molecule has 0 bridgehead atoms. The molecule has 8 heteroatoms. The van der Waals surface area contributed by atoms with Crippen LogP contribution in [0, 0.1) is 20.2 Å². The zero-order chi connectivity index (χ0) is 15.4. The van der Waals surface area contributed by atoms with Gasteiger partial charge in [-0.25, -0.2) is 0 Å². The third-order valence-corrected chi connectivity index (χ3v) is 3.75. The van der Waals surface area contributed by atoms with Gasteiger partial charge in [-0.05, 0) is 23.8 Å². The van der Waals surface area contributed by atoms with Crippen LogP contribution in [0.4, 0.5) is 11.4 Å². The second kappa shape index (κ2) is 6.33. The van der Waals surface area contributed by atoms with E-state index >= 15 is 0 Å². The number of nitro benzene ring substituents is 2. The number of nitrogens with zero attached hydrogens (tertiary/aromatic N) is 2. The number of aliphatic hydroxyl groups excluding tert-OH is 1. The maximum atomic E-state index is 11.0. The lowest BCUT2D eigenvalue weighted by Gasteiger charge is -2.04. The summed E-state index contributed by atoms with van der Waals surface area (Å²) in [6.07, 6.45) is 0. The molecular weight excluding hydrogens is 296 g/mol. The first-order valence-electron chi connectivity index (χ1n) is 5.81. The van der Waals surface area contributed by atoms with Crippen molar-refractivity contribution < 1.29 is 15.0 Å². The first-order chi connectivity index (χ1) is 10.0. The molecule has 0 aliphatic carbocycles. The van der Waals surface area contributed by atoms with Gasteiger partial charge in [-0.2, -0.15) is 0 Å². The van der Waals surface area contributed by atoms with E-state index in [4.69, 9.17) is 5.11 Å². The minimum Gasteiger partial charge on any atom is -0.392 e. The lowest BCUT2D eigenvalue weighted by Crippen LogP contribution is -1.93. The summed E-state index contributed by atoms with van der Waals surface area (Å²) < 4.78 is 0. The van der Waals surface area contributed by atoms with E-state index in [0.29, 0.717) is 15.4 Å². The first kappa shape index (κ1) is 14.9. The van der Waals surface area contributed by atoms with E-state index in [1.807, 2.05) is 0 Å². The predicted octanol–water partition coefficient (Wildman–Crippen LogP) is 3.15. The Hall–Kier alpha value is -2.45. The monoisotopic (exact) mass is 306 g/mol. The van der Waals surface area contributed by atoms with Gasteiger partial charge in [0.05, 0.1) is 21.3 Å². The number of hydrogen-bond acceptors (Lipinski definition) is 6. The van der Waals surface area contributed by atoms with E-state index < -0.39 is 9.85 Å². The second-order valence-corrected chi connectivity index (χ2v) is 5.19. The molecule has 0 saturated carbocycles. The highest BCUT2D eigenvalue weighted by molar-refractivity contribution is 7.99. The summed E-state index contributed by atoms with van der Waals surface area (Å²) in [6.45, 7) is -0.274. The number of aliphatic hydroxyl groups is 1. The molecule has 0 atom stereocenters. The van der Waals surface area contributed by atoms with Gasteiger partial charge in [0, 0.05) is 23.1 Å². The number of benzene rings is 2. The molecule has 0 unspecified atom stereocenters. The van der Waals surface area contributed by atoms with Crippen molar-refractivity contribution in [3.05, 3.63) is 68.3 Å². The Morgan fingerprint density at radius 1 is 1.00 bits per heavy atom. The fourth-order valence-electron chi connectivity index (χ4n) is 1.65. The minimum absolute atomic E-state index is 0.0375. The van der Waals surface area contributed by atoms with Crippen molar-refractivity contribution >= 4 is 23.1 Å². The molecular formula is C13H10N2O5S. The van der Waals surface area contributed by atoms with Crippen LogP contribution >= 0.6 is 11.8 Å². The van der Waals surface area contributed by atoms with Crippen molar-refractivity contribution in [2.75, 3.05) is 0 Å². The molecule has 1 N–H and O–H groups in total.